The molecule has 0 bridgehead atoms. The second-order valence-corrected chi connectivity index (χ2v) is 8.53. The number of fused-ring (bicyclic) bond motifs is 3. The fourth-order valence-corrected chi connectivity index (χ4v) is 5.55. The molecule has 2 aromatic rings. The minimum atomic E-state index is -0.200. The van der Waals surface area contributed by atoms with Crippen molar-refractivity contribution in [3.63, 3.8) is 0 Å². The van der Waals surface area contributed by atoms with E-state index < -0.39 is 0 Å². The molecule has 1 aliphatic heterocycles. The highest BCUT2D eigenvalue weighted by Gasteiger charge is 2.36. The zero-order valence-electron chi connectivity index (χ0n) is 14.6. The van der Waals surface area contributed by atoms with Gasteiger partial charge in [0.1, 0.15) is 22.5 Å². The summed E-state index contributed by atoms with van der Waals surface area (Å²) in [5.74, 6) is 2.36. The van der Waals surface area contributed by atoms with Crippen molar-refractivity contribution in [1.82, 2.24) is 9.97 Å². The maximum atomic E-state index is 12.3. The second-order valence-electron chi connectivity index (χ2n) is 7.45. The Labute approximate surface area is 151 Å². The van der Waals surface area contributed by atoms with Crippen LogP contribution in [-0.2, 0) is 22.4 Å². The largest absolute Gasteiger partial charge is 0.467 e. The van der Waals surface area contributed by atoms with Gasteiger partial charge < -0.3 is 9.64 Å². The van der Waals surface area contributed by atoms with Crippen LogP contribution in [0.1, 0.15) is 60.7 Å². The molecule has 5 nitrogen and oxygen atoms in total. The normalized spacial score (nSPS) is 23.1. The van der Waals surface area contributed by atoms with E-state index in [4.69, 9.17) is 14.7 Å². The number of aryl methyl sites for hydroxylation is 2. The predicted molar refractivity (Wildman–Crippen MR) is 98.4 cm³/mol. The summed E-state index contributed by atoms with van der Waals surface area (Å²) in [6, 6.07) is -0.200. The summed E-state index contributed by atoms with van der Waals surface area (Å²) in [7, 11) is 1.48. The first kappa shape index (κ1) is 15.6. The van der Waals surface area contributed by atoms with Gasteiger partial charge in [-0.3, -0.25) is 0 Å². The first-order chi connectivity index (χ1) is 12.3. The first-order valence-corrected chi connectivity index (χ1v) is 10.2. The van der Waals surface area contributed by atoms with Crippen molar-refractivity contribution in [2.75, 3.05) is 18.6 Å². The van der Waals surface area contributed by atoms with Crippen molar-refractivity contribution < 1.29 is 9.53 Å². The summed E-state index contributed by atoms with van der Waals surface area (Å²) in [5.41, 5.74) is 1.44. The van der Waals surface area contributed by atoms with Crippen molar-refractivity contribution in [3.05, 3.63) is 16.3 Å². The summed E-state index contributed by atoms with van der Waals surface area (Å²) >= 11 is 1.85. The van der Waals surface area contributed by atoms with E-state index in [0.29, 0.717) is 5.92 Å². The van der Waals surface area contributed by atoms with E-state index in [0.717, 1.165) is 48.7 Å². The molecule has 0 amide bonds. The molecule has 0 unspecified atom stereocenters. The van der Waals surface area contributed by atoms with Crippen molar-refractivity contribution in [2.45, 2.75) is 63.3 Å². The van der Waals surface area contributed by atoms with Gasteiger partial charge >= 0.3 is 5.97 Å². The number of carbonyl (C=O) groups excluding carboxylic acids is 1. The van der Waals surface area contributed by atoms with Gasteiger partial charge in [-0.25, -0.2) is 14.8 Å². The highest BCUT2D eigenvalue weighted by atomic mass is 32.1. The van der Waals surface area contributed by atoms with E-state index in [9.17, 15) is 4.79 Å². The summed E-state index contributed by atoms with van der Waals surface area (Å²) in [4.78, 5) is 27.0. The van der Waals surface area contributed by atoms with Crippen LogP contribution in [-0.4, -0.2) is 35.6 Å². The van der Waals surface area contributed by atoms with Gasteiger partial charge in [0.2, 0.25) is 0 Å². The summed E-state index contributed by atoms with van der Waals surface area (Å²) < 4.78 is 5.06. The molecule has 1 atom stereocenters. The van der Waals surface area contributed by atoms with Crippen LogP contribution in [0.5, 0.6) is 0 Å². The summed E-state index contributed by atoms with van der Waals surface area (Å²) in [6.07, 6.45) is 9.03. The highest BCUT2D eigenvalue weighted by Crippen LogP contribution is 2.45. The fourth-order valence-electron chi connectivity index (χ4n) is 4.29. The standard InChI is InChI=1S/C19H23N3O2S/c1-24-19(23)13-6-4-10-22(13)17-15-12-5-2-3-7-14(12)25-18(15)21-16(20-17)11-8-9-11/h11,13H,2-10H2,1H3/t13-/m1/s1. The molecule has 2 aliphatic carbocycles. The van der Waals surface area contributed by atoms with E-state index in [-0.39, 0.29) is 12.0 Å². The Morgan fingerprint density at radius 2 is 2.00 bits per heavy atom. The predicted octanol–water partition coefficient (Wildman–Crippen LogP) is 3.59. The smallest absolute Gasteiger partial charge is 0.328 e. The fraction of sp³-hybridized carbons (Fsp3) is 0.632. The second kappa shape index (κ2) is 5.94. The van der Waals surface area contributed by atoms with Gasteiger partial charge in [0.15, 0.2) is 0 Å². The molecular formula is C19H23N3O2S. The lowest BCUT2D eigenvalue weighted by Crippen LogP contribution is -2.37. The number of rotatable bonds is 3. The summed E-state index contributed by atoms with van der Waals surface area (Å²) in [5, 5.41) is 1.22. The van der Waals surface area contributed by atoms with Crippen LogP contribution in [0.25, 0.3) is 10.2 Å². The third-order valence-corrected chi connectivity index (χ3v) is 6.94. The molecule has 6 heteroatoms. The van der Waals surface area contributed by atoms with Crippen molar-refractivity contribution >= 4 is 33.3 Å². The lowest BCUT2D eigenvalue weighted by atomic mass is 9.97. The Bertz CT molecular complexity index is 843. The number of ether oxygens (including phenoxy) is 1. The molecule has 0 N–H and O–H groups in total. The van der Waals surface area contributed by atoms with Gasteiger partial charge in [0.25, 0.3) is 0 Å². The Kier molecular flexibility index (Phi) is 3.69. The molecule has 5 rings (SSSR count). The van der Waals surface area contributed by atoms with E-state index in [1.165, 1.54) is 48.6 Å². The van der Waals surface area contributed by atoms with Crippen LogP contribution in [0, 0.1) is 0 Å². The Morgan fingerprint density at radius 1 is 1.16 bits per heavy atom. The minimum Gasteiger partial charge on any atom is -0.467 e. The number of carbonyl (C=O) groups is 1. The van der Waals surface area contributed by atoms with Crippen LogP contribution in [0.4, 0.5) is 5.82 Å². The topological polar surface area (TPSA) is 55.3 Å². The molecule has 25 heavy (non-hydrogen) atoms. The number of anilines is 1. The zero-order valence-corrected chi connectivity index (χ0v) is 15.4. The van der Waals surface area contributed by atoms with Crippen LogP contribution < -0.4 is 4.90 Å². The molecule has 2 aromatic heterocycles. The molecule has 2 fully saturated rings. The van der Waals surface area contributed by atoms with Crippen LogP contribution in [0.2, 0.25) is 0 Å². The first-order valence-electron chi connectivity index (χ1n) is 9.43. The number of hydrogen-bond donors (Lipinski definition) is 0. The number of hydrogen-bond acceptors (Lipinski definition) is 6. The monoisotopic (exact) mass is 357 g/mol. The maximum absolute atomic E-state index is 12.3. The third-order valence-electron chi connectivity index (χ3n) is 5.75. The van der Waals surface area contributed by atoms with Crippen LogP contribution in [0.15, 0.2) is 0 Å². The molecule has 132 valence electrons. The van der Waals surface area contributed by atoms with E-state index in [1.54, 1.807) is 0 Å². The molecule has 0 spiro atoms. The maximum Gasteiger partial charge on any atom is 0.328 e. The lowest BCUT2D eigenvalue weighted by Gasteiger charge is -2.25. The van der Waals surface area contributed by atoms with Gasteiger partial charge in [0, 0.05) is 17.3 Å². The number of esters is 1. The zero-order chi connectivity index (χ0) is 17.0. The minimum absolute atomic E-state index is 0.138. The van der Waals surface area contributed by atoms with Crippen LogP contribution >= 0.6 is 11.3 Å². The third kappa shape index (κ3) is 2.53. The average molecular weight is 357 g/mol. The number of aromatic nitrogens is 2. The van der Waals surface area contributed by atoms with Crippen molar-refractivity contribution in [1.29, 1.82) is 0 Å². The van der Waals surface area contributed by atoms with Gasteiger partial charge in [-0.15, -0.1) is 11.3 Å². The van der Waals surface area contributed by atoms with E-state index >= 15 is 0 Å². The van der Waals surface area contributed by atoms with Gasteiger partial charge in [0.05, 0.1) is 12.5 Å². The molecular weight excluding hydrogens is 334 g/mol. The van der Waals surface area contributed by atoms with Gasteiger partial charge in [-0.1, -0.05) is 0 Å². The Hall–Kier alpha value is -1.69. The SMILES string of the molecule is COC(=O)[C@H]1CCCN1c1nc(C2CC2)nc2sc3c(c12)CCCC3. The van der Waals surface area contributed by atoms with Gasteiger partial charge in [-0.2, -0.15) is 0 Å². The molecule has 3 heterocycles. The molecule has 0 radical (unpaired) electrons. The quantitative estimate of drug-likeness (QED) is 0.786. The Balaban J connectivity index is 1.69. The van der Waals surface area contributed by atoms with Gasteiger partial charge in [-0.05, 0) is 56.9 Å². The molecule has 0 aromatic carbocycles. The number of nitrogens with zero attached hydrogens (tertiary/aromatic N) is 3. The highest BCUT2D eigenvalue weighted by molar-refractivity contribution is 7.19. The van der Waals surface area contributed by atoms with E-state index in [1.807, 2.05) is 11.3 Å². The summed E-state index contributed by atoms with van der Waals surface area (Å²) in [6.45, 7) is 0.876. The molecule has 1 saturated heterocycles. The Morgan fingerprint density at radius 3 is 2.80 bits per heavy atom. The average Bonchev–Trinajstić information content (AvgIpc) is 3.26. The van der Waals surface area contributed by atoms with E-state index in [2.05, 4.69) is 4.90 Å². The van der Waals surface area contributed by atoms with Crippen LogP contribution in [0.3, 0.4) is 0 Å². The number of methoxy groups -OCH3 is 1. The number of thiophene rings is 1. The molecule has 1 saturated carbocycles. The molecule has 3 aliphatic rings. The van der Waals surface area contributed by atoms with Crippen molar-refractivity contribution in [2.24, 2.45) is 0 Å². The lowest BCUT2D eigenvalue weighted by molar-refractivity contribution is -0.141. The van der Waals surface area contributed by atoms with Crippen molar-refractivity contribution in [3.8, 4) is 0 Å².